The lowest BCUT2D eigenvalue weighted by molar-refractivity contribution is 0.0725. The van der Waals surface area contributed by atoms with Crippen molar-refractivity contribution in [2.75, 3.05) is 41.8 Å². The molecular weight excluding hydrogens is 464 g/mol. The standard InChI is InChI=1S/C30H34N4O3/c1-2-37-28-13-7-6-12-26(28)32-30(36)31-24-14-15-27(25(20-24)29(35)33-17-8-3-9-18-33)34-19-16-22-10-4-5-11-23(22)21-34/h4-7,10-15,20H,2-3,8-9,16-19,21H2,1H3,(H2,31,32,36). The number of ether oxygens (including phenoxy) is 1. The summed E-state index contributed by atoms with van der Waals surface area (Å²) in [4.78, 5) is 30.8. The summed E-state index contributed by atoms with van der Waals surface area (Å²) in [6, 6.07) is 21.1. The number of carbonyl (C=O) groups is 2. The maximum absolute atomic E-state index is 13.7. The van der Waals surface area contributed by atoms with Gasteiger partial charge in [0, 0.05) is 37.6 Å². The molecular formula is C30H34N4O3. The van der Waals surface area contributed by atoms with Crippen molar-refractivity contribution in [3.8, 4) is 5.75 Å². The third-order valence-electron chi connectivity index (χ3n) is 7.03. The molecule has 7 heteroatoms. The molecule has 2 N–H and O–H groups in total. The van der Waals surface area contributed by atoms with Gasteiger partial charge in [-0.25, -0.2) is 4.79 Å². The number of likely N-dealkylation sites (tertiary alicyclic amines) is 1. The van der Waals surface area contributed by atoms with Crippen LogP contribution in [0.15, 0.2) is 66.7 Å². The second-order valence-electron chi connectivity index (χ2n) is 9.53. The number of amides is 3. The lowest BCUT2D eigenvalue weighted by Gasteiger charge is -2.34. The number of para-hydroxylation sites is 2. The van der Waals surface area contributed by atoms with Crippen molar-refractivity contribution in [1.82, 2.24) is 4.90 Å². The molecule has 0 bridgehead atoms. The third kappa shape index (κ3) is 5.71. The number of hydrogen-bond acceptors (Lipinski definition) is 4. The summed E-state index contributed by atoms with van der Waals surface area (Å²) in [6.45, 7) is 5.56. The van der Waals surface area contributed by atoms with Gasteiger partial charge in [-0.15, -0.1) is 0 Å². The van der Waals surface area contributed by atoms with E-state index in [0.29, 0.717) is 29.3 Å². The Hall–Kier alpha value is -4.00. The lowest BCUT2D eigenvalue weighted by atomic mass is 9.98. The van der Waals surface area contributed by atoms with Crippen LogP contribution in [0.5, 0.6) is 5.75 Å². The minimum Gasteiger partial charge on any atom is -0.492 e. The summed E-state index contributed by atoms with van der Waals surface area (Å²) >= 11 is 0. The summed E-state index contributed by atoms with van der Waals surface area (Å²) < 4.78 is 5.62. The van der Waals surface area contributed by atoms with E-state index >= 15 is 0 Å². The number of anilines is 3. The van der Waals surface area contributed by atoms with Crippen LogP contribution in [-0.4, -0.2) is 43.1 Å². The summed E-state index contributed by atoms with van der Waals surface area (Å²) in [5.41, 5.74) is 5.37. The zero-order valence-corrected chi connectivity index (χ0v) is 21.3. The summed E-state index contributed by atoms with van der Waals surface area (Å²) in [5.74, 6) is 0.640. The summed E-state index contributed by atoms with van der Waals surface area (Å²) in [5, 5.41) is 5.77. The fourth-order valence-electron chi connectivity index (χ4n) is 5.17. The first-order chi connectivity index (χ1) is 18.1. The second kappa shape index (κ2) is 11.4. The zero-order chi connectivity index (χ0) is 25.6. The Kier molecular flexibility index (Phi) is 7.59. The molecule has 3 aromatic carbocycles. The zero-order valence-electron chi connectivity index (χ0n) is 21.3. The molecule has 1 fully saturated rings. The van der Waals surface area contributed by atoms with Gasteiger partial charge in [0.25, 0.3) is 5.91 Å². The predicted octanol–water partition coefficient (Wildman–Crippen LogP) is 5.92. The quantitative estimate of drug-likeness (QED) is 0.443. The summed E-state index contributed by atoms with van der Waals surface area (Å²) in [7, 11) is 0. The fourth-order valence-corrected chi connectivity index (χ4v) is 5.17. The Morgan fingerprint density at radius 1 is 0.865 bits per heavy atom. The van der Waals surface area contributed by atoms with Gasteiger partial charge >= 0.3 is 6.03 Å². The van der Waals surface area contributed by atoms with E-state index in [2.05, 4.69) is 39.8 Å². The van der Waals surface area contributed by atoms with Gasteiger partial charge in [0.2, 0.25) is 0 Å². The van der Waals surface area contributed by atoms with Crippen molar-refractivity contribution >= 4 is 29.0 Å². The highest BCUT2D eigenvalue weighted by Crippen LogP contribution is 2.31. The Balaban J connectivity index is 1.40. The van der Waals surface area contributed by atoms with Crippen molar-refractivity contribution in [2.24, 2.45) is 0 Å². The SMILES string of the molecule is CCOc1ccccc1NC(=O)Nc1ccc(N2CCc3ccccc3C2)c(C(=O)N2CCCCC2)c1. The number of hydrogen-bond donors (Lipinski definition) is 2. The topological polar surface area (TPSA) is 73.9 Å². The van der Waals surface area contributed by atoms with Gasteiger partial charge in [0.1, 0.15) is 5.75 Å². The first kappa shape index (κ1) is 24.7. The molecule has 3 amide bonds. The maximum atomic E-state index is 13.7. The van der Waals surface area contributed by atoms with E-state index in [0.717, 1.165) is 57.5 Å². The van der Waals surface area contributed by atoms with Gasteiger partial charge in [-0.3, -0.25) is 4.79 Å². The average molecular weight is 499 g/mol. The van der Waals surface area contributed by atoms with Crippen molar-refractivity contribution in [2.45, 2.75) is 39.2 Å². The molecule has 1 saturated heterocycles. The average Bonchev–Trinajstić information content (AvgIpc) is 2.94. The van der Waals surface area contributed by atoms with E-state index in [1.54, 1.807) is 6.07 Å². The predicted molar refractivity (Wildman–Crippen MR) is 148 cm³/mol. The highest BCUT2D eigenvalue weighted by atomic mass is 16.5. The molecule has 0 atom stereocenters. The lowest BCUT2D eigenvalue weighted by Crippen LogP contribution is -2.38. The highest BCUT2D eigenvalue weighted by molar-refractivity contribution is 6.04. The van der Waals surface area contributed by atoms with Gasteiger partial charge in [-0.1, -0.05) is 36.4 Å². The molecule has 0 unspecified atom stereocenters. The van der Waals surface area contributed by atoms with E-state index in [4.69, 9.17) is 4.74 Å². The van der Waals surface area contributed by atoms with E-state index < -0.39 is 0 Å². The van der Waals surface area contributed by atoms with Crippen molar-refractivity contribution in [3.63, 3.8) is 0 Å². The molecule has 5 rings (SSSR count). The molecule has 37 heavy (non-hydrogen) atoms. The van der Waals surface area contributed by atoms with Crippen LogP contribution >= 0.6 is 0 Å². The first-order valence-electron chi connectivity index (χ1n) is 13.2. The Bertz CT molecular complexity index is 1270. The first-order valence-corrected chi connectivity index (χ1v) is 13.2. The number of nitrogens with one attached hydrogen (secondary N) is 2. The number of carbonyl (C=O) groups excluding carboxylic acids is 2. The van der Waals surface area contributed by atoms with Gasteiger partial charge in [-0.2, -0.15) is 0 Å². The smallest absolute Gasteiger partial charge is 0.323 e. The fraction of sp³-hybridized carbons (Fsp3) is 0.333. The largest absolute Gasteiger partial charge is 0.492 e. The van der Waals surface area contributed by atoms with Crippen LogP contribution in [0.25, 0.3) is 0 Å². The Morgan fingerprint density at radius 3 is 2.43 bits per heavy atom. The van der Waals surface area contributed by atoms with Crippen LogP contribution in [-0.2, 0) is 13.0 Å². The van der Waals surface area contributed by atoms with Crippen molar-refractivity contribution < 1.29 is 14.3 Å². The molecule has 2 aliphatic heterocycles. The second-order valence-corrected chi connectivity index (χ2v) is 9.53. The number of benzene rings is 3. The van der Waals surface area contributed by atoms with E-state index in [1.807, 2.05) is 48.2 Å². The van der Waals surface area contributed by atoms with Crippen LogP contribution in [0.3, 0.4) is 0 Å². The molecule has 0 aliphatic carbocycles. The molecule has 2 aliphatic rings. The van der Waals surface area contributed by atoms with Gasteiger partial charge < -0.3 is 25.2 Å². The number of nitrogens with zero attached hydrogens (tertiary/aromatic N) is 2. The van der Waals surface area contributed by atoms with Crippen molar-refractivity contribution in [1.29, 1.82) is 0 Å². The summed E-state index contributed by atoms with van der Waals surface area (Å²) in [6.07, 6.45) is 4.15. The van der Waals surface area contributed by atoms with E-state index in [9.17, 15) is 9.59 Å². The molecule has 7 nitrogen and oxygen atoms in total. The number of urea groups is 1. The number of rotatable bonds is 6. The van der Waals surface area contributed by atoms with Crippen LogP contribution in [0.2, 0.25) is 0 Å². The van der Waals surface area contributed by atoms with Gasteiger partial charge in [0.05, 0.1) is 17.9 Å². The van der Waals surface area contributed by atoms with Gasteiger partial charge in [0.15, 0.2) is 0 Å². The maximum Gasteiger partial charge on any atom is 0.323 e. The molecule has 192 valence electrons. The Labute approximate surface area is 218 Å². The van der Waals surface area contributed by atoms with E-state index in [-0.39, 0.29) is 11.9 Å². The Morgan fingerprint density at radius 2 is 1.62 bits per heavy atom. The molecule has 0 saturated carbocycles. The van der Waals surface area contributed by atoms with Crippen molar-refractivity contribution in [3.05, 3.63) is 83.4 Å². The molecule has 0 aromatic heterocycles. The normalized spacial score (nSPS) is 15.1. The minimum atomic E-state index is -0.386. The highest BCUT2D eigenvalue weighted by Gasteiger charge is 2.26. The molecule has 0 spiro atoms. The van der Waals surface area contributed by atoms with Crippen LogP contribution in [0.1, 0.15) is 47.7 Å². The number of fused-ring (bicyclic) bond motifs is 1. The van der Waals surface area contributed by atoms with Crippen LogP contribution in [0, 0.1) is 0 Å². The van der Waals surface area contributed by atoms with Gasteiger partial charge in [-0.05, 0) is 74.1 Å². The van der Waals surface area contributed by atoms with Crippen LogP contribution in [0.4, 0.5) is 21.9 Å². The third-order valence-corrected chi connectivity index (χ3v) is 7.03. The molecule has 0 radical (unpaired) electrons. The monoisotopic (exact) mass is 498 g/mol. The number of piperidine rings is 1. The van der Waals surface area contributed by atoms with E-state index in [1.165, 1.54) is 11.1 Å². The van der Waals surface area contributed by atoms with Crippen LogP contribution < -0.4 is 20.3 Å². The molecule has 2 heterocycles. The molecule has 3 aromatic rings. The minimum absolute atomic E-state index is 0.0271.